The zero-order valence-corrected chi connectivity index (χ0v) is 14.5. The van der Waals surface area contributed by atoms with Gasteiger partial charge in [0.2, 0.25) is 0 Å². The molecule has 0 saturated heterocycles. The zero-order chi connectivity index (χ0) is 19.7. The molecule has 0 radical (unpaired) electrons. The van der Waals surface area contributed by atoms with Gasteiger partial charge in [-0.2, -0.15) is 26.3 Å². The molecule has 0 spiro atoms. The molecule has 0 aromatic heterocycles. The van der Waals surface area contributed by atoms with Crippen LogP contribution in [0.15, 0.2) is 36.4 Å². The van der Waals surface area contributed by atoms with Crippen molar-refractivity contribution in [1.82, 2.24) is 0 Å². The maximum absolute atomic E-state index is 13.2. The van der Waals surface area contributed by atoms with E-state index in [1.54, 1.807) is 13.0 Å². The first kappa shape index (κ1) is 23.6. The van der Waals surface area contributed by atoms with Gasteiger partial charge in [0.1, 0.15) is 5.75 Å². The van der Waals surface area contributed by atoms with E-state index in [0.717, 1.165) is 0 Å². The van der Waals surface area contributed by atoms with Crippen molar-refractivity contribution in [2.45, 2.75) is 19.3 Å². The molecule has 0 saturated carbocycles. The van der Waals surface area contributed by atoms with Crippen LogP contribution in [0.1, 0.15) is 27.0 Å². The Bertz CT molecular complexity index is 801. The number of rotatable bonds is 4. The number of alkyl halides is 6. The summed E-state index contributed by atoms with van der Waals surface area (Å²) >= 11 is 0. The maximum atomic E-state index is 13.2. The summed E-state index contributed by atoms with van der Waals surface area (Å²) in [6.45, 7) is 1.60. The first-order valence-corrected chi connectivity index (χ1v) is 8.18. The Morgan fingerprint density at radius 2 is 1.48 bits per heavy atom. The summed E-state index contributed by atoms with van der Waals surface area (Å²) in [5, 5.41) is 0.348. The van der Waals surface area contributed by atoms with Crippen molar-refractivity contribution in [3.63, 3.8) is 0 Å². The second kappa shape index (κ2) is 8.68. The Balaban J connectivity index is 0.00000364. The third-order valence-corrected chi connectivity index (χ3v) is 4.89. The Kier molecular flexibility index (Phi) is 7.58. The molecule has 0 N–H and O–H groups in total. The van der Waals surface area contributed by atoms with Gasteiger partial charge in [-0.3, -0.25) is 4.79 Å². The Morgan fingerprint density at radius 3 is 1.89 bits per heavy atom. The first-order chi connectivity index (χ1) is 11.9. The van der Waals surface area contributed by atoms with Crippen LogP contribution in [0.2, 0.25) is 0 Å². The molecular weight excluding hydrogens is 388 g/mol. The van der Waals surface area contributed by atoms with Crippen LogP contribution in [0, 0.1) is 6.92 Å². The van der Waals surface area contributed by atoms with E-state index >= 15 is 0 Å². The monoisotopic (exact) mass is 402 g/mol. The first-order valence-electron chi connectivity index (χ1n) is 7.18. The fourth-order valence-electron chi connectivity index (χ4n) is 2.36. The molecule has 0 aliphatic rings. The SMILES string of the molecule is COc1ccc(PC(=O)c2c(C(F)(F)F)cccc2C(F)(F)F)c(C)c1.[LiH]. The van der Waals surface area contributed by atoms with Gasteiger partial charge in [0.05, 0.1) is 18.2 Å². The van der Waals surface area contributed by atoms with Gasteiger partial charge >= 0.3 is 31.2 Å². The Hall–Kier alpha value is -1.48. The van der Waals surface area contributed by atoms with Crippen LogP contribution < -0.4 is 10.0 Å². The van der Waals surface area contributed by atoms with Crippen molar-refractivity contribution >= 4 is 38.3 Å². The van der Waals surface area contributed by atoms with Crippen molar-refractivity contribution in [3.05, 3.63) is 58.7 Å². The molecule has 1 atom stereocenters. The predicted octanol–water partition coefficient (Wildman–Crippen LogP) is 4.54. The zero-order valence-electron chi connectivity index (χ0n) is 13.5. The van der Waals surface area contributed by atoms with E-state index in [0.29, 0.717) is 34.8 Å². The molecule has 0 amide bonds. The molecule has 0 fully saturated rings. The van der Waals surface area contributed by atoms with E-state index in [-0.39, 0.29) is 18.9 Å². The van der Waals surface area contributed by atoms with Crippen molar-refractivity contribution in [1.29, 1.82) is 0 Å². The molecule has 0 bridgehead atoms. The van der Waals surface area contributed by atoms with Gasteiger partial charge in [-0.1, -0.05) is 12.1 Å². The number of carbonyl (C=O) groups excluding carboxylic acids is 1. The summed E-state index contributed by atoms with van der Waals surface area (Å²) in [6, 6.07) is 6.10. The van der Waals surface area contributed by atoms with Gasteiger partial charge in [-0.15, -0.1) is 0 Å². The molecule has 2 rings (SSSR count). The van der Waals surface area contributed by atoms with Gasteiger partial charge in [0.15, 0.2) is 5.52 Å². The molecule has 10 heteroatoms. The molecule has 1 unspecified atom stereocenters. The van der Waals surface area contributed by atoms with E-state index in [4.69, 9.17) is 4.74 Å². The number of methoxy groups -OCH3 is 1. The molecule has 27 heavy (non-hydrogen) atoms. The Morgan fingerprint density at radius 1 is 0.963 bits per heavy atom. The Labute approximate surface area is 165 Å². The van der Waals surface area contributed by atoms with Crippen molar-refractivity contribution < 1.29 is 35.9 Å². The van der Waals surface area contributed by atoms with E-state index < -0.39 is 43.1 Å². The van der Waals surface area contributed by atoms with Gasteiger partial charge in [0, 0.05) is 5.56 Å². The molecule has 0 aliphatic heterocycles. The van der Waals surface area contributed by atoms with Gasteiger partial charge in [-0.05, 0) is 50.6 Å². The molecule has 0 aliphatic carbocycles. The number of ether oxygens (including phenoxy) is 1. The van der Waals surface area contributed by atoms with E-state index in [1.807, 2.05) is 0 Å². The number of aryl methyl sites for hydroxylation is 1. The van der Waals surface area contributed by atoms with Crippen LogP contribution >= 0.6 is 8.58 Å². The van der Waals surface area contributed by atoms with Crippen LogP contribution in [0.25, 0.3) is 0 Å². The van der Waals surface area contributed by atoms with E-state index in [2.05, 4.69) is 0 Å². The summed E-state index contributed by atoms with van der Waals surface area (Å²) in [5.74, 6) is 0.468. The fraction of sp³-hybridized carbons (Fsp3) is 0.235. The second-order valence-electron chi connectivity index (χ2n) is 5.36. The van der Waals surface area contributed by atoms with E-state index in [9.17, 15) is 31.1 Å². The van der Waals surface area contributed by atoms with Crippen molar-refractivity contribution in [2.24, 2.45) is 0 Å². The summed E-state index contributed by atoms with van der Waals surface area (Å²) in [5.41, 5.74) is -5.21. The van der Waals surface area contributed by atoms with Gasteiger partial charge in [0.25, 0.3) is 0 Å². The molecule has 2 aromatic carbocycles. The second-order valence-corrected chi connectivity index (χ2v) is 6.60. The summed E-state index contributed by atoms with van der Waals surface area (Å²) < 4.78 is 84.0. The van der Waals surface area contributed by atoms with Crippen molar-refractivity contribution in [2.75, 3.05) is 7.11 Å². The summed E-state index contributed by atoms with van der Waals surface area (Å²) in [4.78, 5) is 12.4. The van der Waals surface area contributed by atoms with Crippen LogP contribution in [0.3, 0.4) is 0 Å². The molecule has 2 nitrogen and oxygen atoms in total. The quantitative estimate of drug-likeness (QED) is 0.427. The predicted molar refractivity (Wildman–Crippen MR) is 93.6 cm³/mol. The van der Waals surface area contributed by atoms with Crippen LogP contribution in [0.5, 0.6) is 5.75 Å². The minimum atomic E-state index is -5.08. The average Bonchev–Trinajstić information content (AvgIpc) is 2.54. The third-order valence-electron chi connectivity index (χ3n) is 3.58. The van der Waals surface area contributed by atoms with Crippen LogP contribution in [0.4, 0.5) is 26.3 Å². The third kappa shape index (κ3) is 5.51. The number of benzene rings is 2. The topological polar surface area (TPSA) is 26.3 Å². The molecule has 142 valence electrons. The van der Waals surface area contributed by atoms with E-state index in [1.165, 1.54) is 19.2 Å². The van der Waals surface area contributed by atoms with Crippen LogP contribution in [-0.2, 0) is 12.4 Å². The van der Waals surface area contributed by atoms with Gasteiger partial charge in [-0.25, -0.2) is 0 Å². The minimum absolute atomic E-state index is 0. The van der Waals surface area contributed by atoms with Crippen molar-refractivity contribution in [3.8, 4) is 5.75 Å². The standard InChI is InChI=1S/C17H13F6O2P.Li.H/c1-9-8-10(25-2)6-7-13(9)26-15(24)14-11(16(18,19)20)4-3-5-12(14)17(21,22)23;;/h3-8,26H,1-2H3;;. The van der Waals surface area contributed by atoms with Crippen LogP contribution in [-0.4, -0.2) is 31.5 Å². The molecule has 0 heterocycles. The fourth-order valence-corrected chi connectivity index (χ4v) is 3.43. The summed E-state index contributed by atoms with van der Waals surface area (Å²) in [6.07, 6.45) is -10.2. The van der Waals surface area contributed by atoms with Gasteiger partial charge < -0.3 is 4.74 Å². The average molecular weight is 402 g/mol. The number of carbonyl (C=O) groups is 1. The molecule has 2 aromatic rings. The summed E-state index contributed by atoms with van der Waals surface area (Å²) in [7, 11) is 0.523. The molecular formula is C17H14F6LiO2P. The number of halogens is 6. The number of hydrogen-bond acceptors (Lipinski definition) is 2. The normalized spacial score (nSPS) is 12.1. The number of hydrogen-bond donors (Lipinski definition) is 0.